The summed E-state index contributed by atoms with van der Waals surface area (Å²) in [5.41, 5.74) is 2.48. The van der Waals surface area contributed by atoms with E-state index in [9.17, 15) is 19.4 Å². The molecule has 0 aliphatic rings. The number of hydrogen-bond acceptors (Lipinski definition) is 3. The second kappa shape index (κ2) is 8.24. The number of benzene rings is 2. The van der Waals surface area contributed by atoms with E-state index in [2.05, 4.69) is 17.4 Å². The number of halogens is 1. The fourth-order valence-corrected chi connectivity index (χ4v) is 2.70. The quantitative estimate of drug-likeness (QED) is 0.566. The molecule has 1 amide bonds. The summed E-state index contributed by atoms with van der Waals surface area (Å²) in [7, 11) is 0. The van der Waals surface area contributed by atoms with Gasteiger partial charge in [0.15, 0.2) is 11.6 Å². The van der Waals surface area contributed by atoms with Crippen LogP contribution >= 0.6 is 0 Å². The Kier molecular flexibility index (Phi) is 5.58. The zero-order valence-corrected chi connectivity index (χ0v) is 14.5. The van der Waals surface area contributed by atoms with Crippen LogP contribution in [0.2, 0.25) is 0 Å². The van der Waals surface area contributed by atoms with Gasteiger partial charge in [-0.25, -0.2) is 4.39 Å². The normalized spacial score (nSPS) is 10.3. The van der Waals surface area contributed by atoms with E-state index in [0.717, 1.165) is 12.0 Å². The Balaban J connectivity index is 1.65. The standard InChI is InChI=1S/C22H18FNO3/c23-18-13-16(9-11-20(18)25)17-10-12-21(26)19(14-17)24-22(27)8-4-7-15-5-2-1-3-6-15/h2,5-6,9-14,25-26H,4,7-8H2,(H,24,27). The van der Waals surface area contributed by atoms with Gasteiger partial charge in [0, 0.05) is 6.42 Å². The third kappa shape index (κ3) is 4.77. The van der Waals surface area contributed by atoms with E-state index >= 15 is 0 Å². The predicted molar refractivity (Wildman–Crippen MR) is 101 cm³/mol. The minimum Gasteiger partial charge on any atom is -0.506 e. The van der Waals surface area contributed by atoms with Crippen LogP contribution in [-0.2, 0) is 11.2 Å². The Morgan fingerprint density at radius 1 is 1.00 bits per heavy atom. The van der Waals surface area contributed by atoms with E-state index in [1.54, 1.807) is 24.3 Å². The van der Waals surface area contributed by atoms with E-state index in [0.29, 0.717) is 24.0 Å². The van der Waals surface area contributed by atoms with E-state index in [1.807, 2.05) is 12.1 Å². The topological polar surface area (TPSA) is 69.6 Å². The average Bonchev–Trinajstić information content (AvgIpc) is 2.67. The Labute approximate surface area is 156 Å². The summed E-state index contributed by atoms with van der Waals surface area (Å²) < 4.78 is 13.6. The van der Waals surface area contributed by atoms with Crippen molar-refractivity contribution in [1.29, 1.82) is 0 Å². The number of hydrogen-bond donors (Lipinski definition) is 3. The van der Waals surface area contributed by atoms with Crippen LogP contribution in [0.5, 0.6) is 11.5 Å². The summed E-state index contributed by atoms with van der Waals surface area (Å²) >= 11 is 0. The molecule has 0 bridgehead atoms. The molecule has 0 heterocycles. The molecule has 4 nitrogen and oxygen atoms in total. The lowest BCUT2D eigenvalue weighted by Crippen LogP contribution is -2.11. The molecule has 0 saturated carbocycles. The lowest BCUT2D eigenvalue weighted by molar-refractivity contribution is -0.116. The van der Waals surface area contributed by atoms with Crippen molar-refractivity contribution in [2.45, 2.75) is 19.3 Å². The maximum absolute atomic E-state index is 13.6. The molecule has 3 N–H and O–H groups in total. The average molecular weight is 363 g/mol. The van der Waals surface area contributed by atoms with Crippen LogP contribution in [0.15, 0.2) is 54.6 Å². The number of carbonyl (C=O) groups is 1. The maximum Gasteiger partial charge on any atom is 0.224 e. The van der Waals surface area contributed by atoms with Crippen molar-refractivity contribution in [3.8, 4) is 22.6 Å². The number of nitrogens with one attached hydrogen (secondary N) is 1. The lowest BCUT2D eigenvalue weighted by atomic mass is 10.0. The van der Waals surface area contributed by atoms with Gasteiger partial charge in [-0.15, -0.1) is 0 Å². The summed E-state index contributed by atoms with van der Waals surface area (Å²) in [5, 5.41) is 22.0. The van der Waals surface area contributed by atoms with Crippen molar-refractivity contribution in [1.82, 2.24) is 0 Å². The van der Waals surface area contributed by atoms with Gasteiger partial charge in [-0.1, -0.05) is 30.3 Å². The van der Waals surface area contributed by atoms with Crippen molar-refractivity contribution in [3.05, 3.63) is 78.1 Å². The third-order valence-corrected chi connectivity index (χ3v) is 4.14. The molecule has 136 valence electrons. The summed E-state index contributed by atoms with van der Waals surface area (Å²) in [6, 6.07) is 19.9. The van der Waals surface area contributed by atoms with Crippen molar-refractivity contribution in [3.63, 3.8) is 0 Å². The van der Waals surface area contributed by atoms with Gasteiger partial charge in [-0.2, -0.15) is 0 Å². The number of rotatable bonds is 6. The Hall–Kier alpha value is -3.52. The third-order valence-electron chi connectivity index (χ3n) is 4.14. The molecule has 0 aromatic heterocycles. The second-order valence-electron chi connectivity index (χ2n) is 6.14. The number of phenolic OH excluding ortho intramolecular Hbond substituents is 2. The molecule has 0 aliphatic heterocycles. The lowest BCUT2D eigenvalue weighted by Gasteiger charge is -2.10. The SMILES string of the molecule is O=C(CCCc1cc#ccc1)Nc1cc(-c2ccc(O)c(F)c2)ccc1O. The smallest absolute Gasteiger partial charge is 0.224 e. The van der Waals surface area contributed by atoms with Crippen LogP contribution in [0.25, 0.3) is 11.1 Å². The fourth-order valence-electron chi connectivity index (χ4n) is 2.70. The summed E-state index contributed by atoms with van der Waals surface area (Å²) in [4.78, 5) is 12.2. The second-order valence-corrected chi connectivity index (χ2v) is 6.14. The highest BCUT2D eigenvalue weighted by molar-refractivity contribution is 5.93. The molecule has 3 aromatic rings. The van der Waals surface area contributed by atoms with Crippen molar-refractivity contribution < 1.29 is 19.4 Å². The van der Waals surface area contributed by atoms with Gasteiger partial charge in [0.2, 0.25) is 5.91 Å². The number of aryl methyl sites for hydroxylation is 1. The van der Waals surface area contributed by atoms with E-state index in [4.69, 9.17) is 0 Å². The predicted octanol–water partition coefficient (Wildman–Crippen LogP) is 4.47. The molecule has 0 saturated heterocycles. The summed E-state index contributed by atoms with van der Waals surface area (Å²) in [6.45, 7) is 0. The Morgan fingerprint density at radius 3 is 2.44 bits per heavy atom. The van der Waals surface area contributed by atoms with Crippen molar-refractivity contribution in [2.24, 2.45) is 0 Å². The largest absolute Gasteiger partial charge is 0.506 e. The van der Waals surface area contributed by atoms with E-state index in [-0.39, 0.29) is 17.3 Å². The number of amides is 1. The first-order valence-electron chi connectivity index (χ1n) is 8.51. The molecule has 0 atom stereocenters. The maximum atomic E-state index is 13.6. The number of aromatic hydroxyl groups is 2. The molecule has 3 rings (SSSR count). The van der Waals surface area contributed by atoms with Gasteiger partial charge in [-0.05, 0) is 65.9 Å². The van der Waals surface area contributed by atoms with E-state index < -0.39 is 11.6 Å². The number of anilines is 1. The molecule has 0 aliphatic carbocycles. The van der Waals surface area contributed by atoms with Crippen LogP contribution < -0.4 is 5.32 Å². The molecular weight excluding hydrogens is 345 g/mol. The van der Waals surface area contributed by atoms with Gasteiger partial charge in [-0.3, -0.25) is 4.79 Å². The molecule has 0 fully saturated rings. The zero-order chi connectivity index (χ0) is 19.2. The fraction of sp³-hybridized carbons (Fsp3) is 0.136. The molecule has 0 radical (unpaired) electrons. The number of carbonyl (C=O) groups excluding carboxylic acids is 1. The van der Waals surface area contributed by atoms with Crippen molar-refractivity contribution in [2.75, 3.05) is 5.32 Å². The minimum absolute atomic E-state index is 0.0699. The van der Waals surface area contributed by atoms with Gasteiger partial charge < -0.3 is 15.5 Å². The highest BCUT2D eigenvalue weighted by atomic mass is 19.1. The van der Waals surface area contributed by atoms with Crippen molar-refractivity contribution >= 4 is 11.6 Å². The van der Waals surface area contributed by atoms with Gasteiger partial charge in [0.25, 0.3) is 0 Å². The zero-order valence-electron chi connectivity index (χ0n) is 14.5. The molecule has 5 heteroatoms. The first-order chi connectivity index (χ1) is 13.0. The molecule has 0 spiro atoms. The Morgan fingerprint density at radius 2 is 1.74 bits per heavy atom. The highest BCUT2D eigenvalue weighted by Gasteiger charge is 2.10. The van der Waals surface area contributed by atoms with Crippen LogP contribution in [0, 0.1) is 17.9 Å². The number of phenols is 2. The molecular formula is C22H18FNO3. The monoisotopic (exact) mass is 363 g/mol. The molecule has 3 aromatic carbocycles. The Bertz CT molecular complexity index is 942. The summed E-state index contributed by atoms with van der Waals surface area (Å²) in [5.74, 6) is -1.45. The molecule has 0 unspecified atom stereocenters. The minimum atomic E-state index is -0.734. The van der Waals surface area contributed by atoms with Crippen LogP contribution in [-0.4, -0.2) is 16.1 Å². The van der Waals surface area contributed by atoms with Gasteiger partial charge >= 0.3 is 0 Å². The van der Waals surface area contributed by atoms with E-state index in [1.165, 1.54) is 18.2 Å². The first-order valence-corrected chi connectivity index (χ1v) is 8.51. The first kappa shape index (κ1) is 18.3. The molecule has 27 heavy (non-hydrogen) atoms. The van der Waals surface area contributed by atoms with Gasteiger partial charge in [0.1, 0.15) is 5.75 Å². The highest BCUT2D eigenvalue weighted by Crippen LogP contribution is 2.31. The van der Waals surface area contributed by atoms with Crippen LogP contribution in [0.3, 0.4) is 0 Å². The van der Waals surface area contributed by atoms with Gasteiger partial charge in [0.05, 0.1) is 5.69 Å². The van der Waals surface area contributed by atoms with Crippen LogP contribution in [0.4, 0.5) is 10.1 Å². The summed E-state index contributed by atoms with van der Waals surface area (Å²) in [6.07, 6.45) is 1.71. The van der Waals surface area contributed by atoms with Crippen LogP contribution in [0.1, 0.15) is 18.4 Å².